The lowest BCUT2D eigenvalue weighted by molar-refractivity contribution is 0.415. The molecule has 0 radical (unpaired) electrons. The van der Waals surface area contributed by atoms with Crippen LogP contribution in [0.2, 0.25) is 0 Å². The maximum atomic E-state index is 13.0. The van der Waals surface area contributed by atoms with Crippen LogP contribution in [0.25, 0.3) is 33.2 Å². The summed E-state index contributed by atoms with van der Waals surface area (Å²) in [4.78, 5) is 20.8. The fraction of sp³-hybridized carbons (Fsp3) is 0.304. The molecule has 4 aromatic rings. The van der Waals surface area contributed by atoms with Crippen molar-refractivity contribution in [2.45, 2.75) is 32.2 Å². The van der Waals surface area contributed by atoms with Gasteiger partial charge in [0.25, 0.3) is 5.56 Å². The van der Waals surface area contributed by atoms with Crippen LogP contribution < -0.4 is 16.0 Å². The Kier molecular flexibility index (Phi) is 4.36. The van der Waals surface area contributed by atoms with Gasteiger partial charge in [0.1, 0.15) is 11.4 Å². The molecule has 1 aliphatic rings. The molecule has 0 unspecified atom stereocenters. The average Bonchev–Trinajstić information content (AvgIpc) is 3.33. The van der Waals surface area contributed by atoms with Crippen molar-refractivity contribution >= 4 is 21.9 Å². The first-order valence-corrected chi connectivity index (χ1v) is 10.1. The largest absolute Gasteiger partial charge is 0.497 e. The first-order chi connectivity index (χ1) is 14.2. The second-order valence-corrected chi connectivity index (χ2v) is 7.67. The Morgan fingerprint density at radius 2 is 2.03 bits per heavy atom. The molecule has 2 aromatic carbocycles. The number of benzene rings is 2. The van der Waals surface area contributed by atoms with Crippen molar-refractivity contribution < 1.29 is 4.74 Å². The molecule has 6 heteroatoms. The molecule has 0 spiro atoms. The maximum absolute atomic E-state index is 13.0. The summed E-state index contributed by atoms with van der Waals surface area (Å²) in [6.07, 6.45) is 6.19. The van der Waals surface area contributed by atoms with Crippen LogP contribution in [0.1, 0.15) is 24.0 Å². The van der Waals surface area contributed by atoms with Crippen molar-refractivity contribution in [1.82, 2.24) is 14.5 Å². The van der Waals surface area contributed by atoms with Gasteiger partial charge in [-0.05, 0) is 73.7 Å². The highest BCUT2D eigenvalue weighted by atomic mass is 16.5. The van der Waals surface area contributed by atoms with Crippen molar-refractivity contribution in [3.63, 3.8) is 0 Å². The highest BCUT2D eigenvalue weighted by Crippen LogP contribution is 2.32. The summed E-state index contributed by atoms with van der Waals surface area (Å²) in [6, 6.07) is 10.1. The normalized spacial score (nSPS) is 13.3. The number of nitrogens with zero attached hydrogens (tertiary/aromatic N) is 2. The second-order valence-electron chi connectivity index (χ2n) is 7.67. The number of rotatable bonds is 5. The molecule has 0 bridgehead atoms. The van der Waals surface area contributed by atoms with E-state index < -0.39 is 0 Å². The molecule has 6 nitrogen and oxygen atoms in total. The fourth-order valence-corrected chi connectivity index (χ4v) is 4.38. The van der Waals surface area contributed by atoms with Gasteiger partial charge in [-0.3, -0.25) is 4.79 Å². The highest BCUT2D eigenvalue weighted by molar-refractivity contribution is 5.96. The lowest BCUT2D eigenvalue weighted by Crippen LogP contribution is -2.11. The monoisotopic (exact) mass is 388 g/mol. The minimum absolute atomic E-state index is 0.170. The number of hydrogen-bond acceptors (Lipinski definition) is 4. The molecule has 1 aliphatic carbocycles. The van der Waals surface area contributed by atoms with Crippen molar-refractivity contribution in [3.05, 3.63) is 58.0 Å². The van der Waals surface area contributed by atoms with E-state index in [-0.39, 0.29) is 5.56 Å². The van der Waals surface area contributed by atoms with Crippen LogP contribution in [0, 0.1) is 0 Å². The summed E-state index contributed by atoms with van der Waals surface area (Å²) in [5, 5.41) is 0.958. The third-order valence-electron chi connectivity index (χ3n) is 5.85. The van der Waals surface area contributed by atoms with E-state index in [0.717, 1.165) is 65.5 Å². The molecule has 0 atom stereocenters. The number of hydrogen-bond donors (Lipinski definition) is 2. The number of aromatic nitrogens is 3. The molecule has 148 valence electrons. The molecule has 0 fully saturated rings. The van der Waals surface area contributed by atoms with Crippen LogP contribution in [-0.4, -0.2) is 28.2 Å². The van der Waals surface area contributed by atoms with E-state index in [1.165, 1.54) is 11.1 Å². The number of methoxy groups -OCH3 is 1. The summed E-state index contributed by atoms with van der Waals surface area (Å²) in [5.74, 6) is 0.755. The van der Waals surface area contributed by atoms with Gasteiger partial charge in [-0.15, -0.1) is 0 Å². The third-order valence-corrected chi connectivity index (χ3v) is 5.85. The Hall–Kier alpha value is -3.12. The summed E-state index contributed by atoms with van der Waals surface area (Å²) in [7, 11) is 1.65. The molecule has 3 N–H and O–H groups in total. The smallest absolute Gasteiger partial charge is 0.275 e. The van der Waals surface area contributed by atoms with E-state index in [2.05, 4.69) is 21.7 Å². The van der Waals surface area contributed by atoms with Gasteiger partial charge in [-0.1, -0.05) is 0 Å². The lowest BCUT2D eigenvalue weighted by Gasteiger charge is -2.06. The fourth-order valence-electron chi connectivity index (χ4n) is 4.38. The number of nitrogens with two attached hydrogens (primary N) is 1. The number of fused-ring (bicyclic) bond motifs is 3. The van der Waals surface area contributed by atoms with Gasteiger partial charge in [0.15, 0.2) is 0 Å². The molecule has 0 saturated carbocycles. The van der Waals surface area contributed by atoms with Crippen molar-refractivity contribution in [1.29, 1.82) is 0 Å². The first-order valence-electron chi connectivity index (χ1n) is 10.1. The van der Waals surface area contributed by atoms with Gasteiger partial charge in [0.05, 0.1) is 18.1 Å². The van der Waals surface area contributed by atoms with Crippen molar-refractivity contribution in [3.8, 4) is 17.0 Å². The zero-order valence-electron chi connectivity index (χ0n) is 16.5. The van der Waals surface area contributed by atoms with Crippen LogP contribution in [0.5, 0.6) is 5.75 Å². The van der Waals surface area contributed by atoms with Crippen molar-refractivity contribution in [2.75, 3.05) is 13.7 Å². The third kappa shape index (κ3) is 3.00. The molecule has 29 heavy (non-hydrogen) atoms. The van der Waals surface area contributed by atoms with E-state index in [9.17, 15) is 4.79 Å². The summed E-state index contributed by atoms with van der Waals surface area (Å²) in [6.45, 7) is 1.41. The molecular weight excluding hydrogens is 364 g/mol. The predicted octanol–water partition coefficient (Wildman–Crippen LogP) is 3.39. The summed E-state index contributed by atoms with van der Waals surface area (Å²) < 4.78 is 7.56. The molecular formula is C23H24N4O2. The number of aromatic amines is 1. The molecule has 0 aliphatic heterocycles. The van der Waals surface area contributed by atoms with E-state index in [0.29, 0.717) is 12.2 Å². The van der Waals surface area contributed by atoms with Crippen LogP contribution >= 0.6 is 0 Å². The molecule has 2 heterocycles. The van der Waals surface area contributed by atoms with Gasteiger partial charge < -0.3 is 20.0 Å². The van der Waals surface area contributed by atoms with Crippen LogP contribution in [0.4, 0.5) is 0 Å². The minimum Gasteiger partial charge on any atom is -0.497 e. The Balaban J connectivity index is 1.73. The van der Waals surface area contributed by atoms with E-state index >= 15 is 0 Å². The SMILES string of the molecule is COc1ccc2c(c1)c(-c1nc3cc4c(cc3[nH]c1=O)CCC4)cn2CCCN. The Bertz CT molecular complexity index is 1290. The summed E-state index contributed by atoms with van der Waals surface area (Å²) in [5.41, 5.74) is 12.2. The minimum atomic E-state index is -0.170. The first kappa shape index (κ1) is 17.9. The van der Waals surface area contributed by atoms with Gasteiger partial charge in [-0.2, -0.15) is 0 Å². The molecule has 0 amide bonds. The second kappa shape index (κ2) is 7.04. The number of nitrogens with one attached hydrogen (secondary N) is 1. The van der Waals surface area contributed by atoms with Crippen LogP contribution in [-0.2, 0) is 19.4 Å². The van der Waals surface area contributed by atoms with Crippen LogP contribution in [0.3, 0.4) is 0 Å². The maximum Gasteiger partial charge on any atom is 0.275 e. The Labute approximate surface area is 168 Å². The van der Waals surface area contributed by atoms with E-state index in [4.69, 9.17) is 15.5 Å². The van der Waals surface area contributed by atoms with Crippen LogP contribution in [0.15, 0.2) is 41.3 Å². The van der Waals surface area contributed by atoms with Gasteiger partial charge in [0, 0.05) is 29.2 Å². The molecule has 0 saturated heterocycles. The topological polar surface area (TPSA) is 85.9 Å². The quantitative estimate of drug-likeness (QED) is 0.549. The van der Waals surface area contributed by atoms with E-state index in [1.807, 2.05) is 24.4 Å². The number of aryl methyl sites for hydroxylation is 3. The van der Waals surface area contributed by atoms with Crippen molar-refractivity contribution in [2.24, 2.45) is 5.73 Å². The average molecular weight is 388 g/mol. The van der Waals surface area contributed by atoms with E-state index in [1.54, 1.807) is 7.11 Å². The zero-order valence-corrected chi connectivity index (χ0v) is 16.5. The number of H-pyrrole nitrogens is 1. The van der Waals surface area contributed by atoms with Gasteiger partial charge >= 0.3 is 0 Å². The zero-order chi connectivity index (χ0) is 20.0. The van der Waals surface area contributed by atoms with Gasteiger partial charge in [-0.25, -0.2) is 4.98 Å². The Morgan fingerprint density at radius 1 is 1.21 bits per heavy atom. The molecule has 2 aromatic heterocycles. The number of ether oxygens (including phenoxy) is 1. The summed E-state index contributed by atoms with van der Waals surface area (Å²) >= 11 is 0. The predicted molar refractivity (Wildman–Crippen MR) is 116 cm³/mol. The van der Waals surface area contributed by atoms with Gasteiger partial charge in [0.2, 0.25) is 0 Å². The standard InChI is InChI=1S/C23H24N4O2/c1-29-16-6-7-21-17(12-16)18(13-27(21)9-3-8-24)22-23(28)26-20-11-15-5-2-4-14(15)10-19(20)25-22/h6-7,10-13H,2-5,8-9,24H2,1H3,(H,26,28). The Morgan fingerprint density at radius 3 is 2.83 bits per heavy atom. The molecule has 5 rings (SSSR count). The highest BCUT2D eigenvalue weighted by Gasteiger charge is 2.18. The lowest BCUT2D eigenvalue weighted by atomic mass is 10.1.